The molecule has 0 unspecified atom stereocenters. The van der Waals surface area contributed by atoms with Crippen molar-refractivity contribution in [1.82, 2.24) is 4.98 Å². The lowest BCUT2D eigenvalue weighted by Gasteiger charge is -2.25. The van der Waals surface area contributed by atoms with Gasteiger partial charge in [0.1, 0.15) is 0 Å². The van der Waals surface area contributed by atoms with Crippen LogP contribution in [0.4, 0.5) is 5.69 Å². The maximum absolute atomic E-state index is 13.2. The highest BCUT2D eigenvalue weighted by atomic mass is 32.2. The number of sulfonamides is 1. The van der Waals surface area contributed by atoms with Gasteiger partial charge in [0.15, 0.2) is 0 Å². The van der Waals surface area contributed by atoms with E-state index in [0.717, 1.165) is 16.7 Å². The van der Waals surface area contributed by atoms with Crippen molar-refractivity contribution in [1.29, 1.82) is 0 Å². The van der Waals surface area contributed by atoms with Gasteiger partial charge in [0.25, 0.3) is 10.0 Å². The van der Waals surface area contributed by atoms with E-state index in [0.29, 0.717) is 5.69 Å². The highest BCUT2D eigenvalue weighted by molar-refractivity contribution is 7.92. The van der Waals surface area contributed by atoms with Crippen LogP contribution in [0.2, 0.25) is 0 Å². The van der Waals surface area contributed by atoms with Gasteiger partial charge in [0, 0.05) is 12.4 Å². The molecule has 128 valence electrons. The fraction of sp³-hybridized carbons (Fsp3) is 0.150. The molecule has 0 saturated heterocycles. The van der Waals surface area contributed by atoms with Crippen LogP contribution in [0.1, 0.15) is 16.7 Å². The minimum Gasteiger partial charge on any atom is -0.264 e. The van der Waals surface area contributed by atoms with Crippen molar-refractivity contribution in [3.05, 3.63) is 89.7 Å². The Morgan fingerprint density at radius 2 is 1.68 bits per heavy atom. The number of nitrogens with zero attached hydrogens (tertiary/aromatic N) is 2. The predicted octanol–water partition coefficient (Wildman–Crippen LogP) is 4.09. The fourth-order valence-electron chi connectivity index (χ4n) is 2.57. The summed E-state index contributed by atoms with van der Waals surface area (Å²) in [6.07, 6.45) is 3.37. The van der Waals surface area contributed by atoms with E-state index < -0.39 is 10.0 Å². The lowest BCUT2D eigenvalue weighted by molar-refractivity contribution is 0.590. The molecule has 0 atom stereocenters. The van der Waals surface area contributed by atoms with E-state index in [4.69, 9.17) is 0 Å². The maximum atomic E-state index is 13.2. The van der Waals surface area contributed by atoms with Gasteiger partial charge in [-0.2, -0.15) is 0 Å². The Labute approximate surface area is 148 Å². The number of pyridine rings is 1. The molecule has 2 aromatic carbocycles. The maximum Gasteiger partial charge on any atom is 0.264 e. The summed E-state index contributed by atoms with van der Waals surface area (Å²) in [5.41, 5.74) is 3.66. The number of aromatic nitrogens is 1. The first-order chi connectivity index (χ1) is 12.0. The average Bonchev–Trinajstić information content (AvgIpc) is 2.63. The zero-order valence-corrected chi connectivity index (χ0v) is 15.1. The molecule has 0 aliphatic carbocycles. The van der Waals surface area contributed by atoms with Crippen molar-refractivity contribution in [2.24, 2.45) is 0 Å². The smallest absolute Gasteiger partial charge is 0.264 e. The van der Waals surface area contributed by atoms with Crippen LogP contribution in [0.15, 0.2) is 78.0 Å². The third-order valence-electron chi connectivity index (χ3n) is 4.16. The fourth-order valence-corrected chi connectivity index (χ4v) is 4.04. The molecular weight excluding hydrogens is 332 g/mol. The molecule has 5 heteroatoms. The number of benzene rings is 2. The third kappa shape index (κ3) is 3.72. The molecule has 0 radical (unpaired) electrons. The third-order valence-corrected chi connectivity index (χ3v) is 5.95. The molecule has 1 heterocycles. The van der Waals surface area contributed by atoms with Gasteiger partial charge in [-0.05, 0) is 60.9 Å². The Kier molecular flexibility index (Phi) is 4.86. The van der Waals surface area contributed by atoms with Crippen LogP contribution in [0, 0.1) is 13.8 Å². The Morgan fingerprint density at radius 1 is 0.920 bits per heavy atom. The van der Waals surface area contributed by atoms with E-state index in [1.54, 1.807) is 42.7 Å². The van der Waals surface area contributed by atoms with E-state index in [9.17, 15) is 8.42 Å². The molecule has 0 N–H and O–H groups in total. The Morgan fingerprint density at radius 3 is 2.32 bits per heavy atom. The first-order valence-electron chi connectivity index (χ1n) is 8.02. The second kappa shape index (κ2) is 7.07. The van der Waals surface area contributed by atoms with Crippen LogP contribution in [0.5, 0.6) is 0 Å². The van der Waals surface area contributed by atoms with Crippen molar-refractivity contribution in [2.75, 3.05) is 4.31 Å². The zero-order valence-electron chi connectivity index (χ0n) is 14.3. The monoisotopic (exact) mass is 352 g/mol. The first-order valence-corrected chi connectivity index (χ1v) is 9.46. The van der Waals surface area contributed by atoms with Crippen LogP contribution in [0.25, 0.3) is 0 Å². The summed E-state index contributed by atoms with van der Waals surface area (Å²) in [6, 6.07) is 17.9. The van der Waals surface area contributed by atoms with E-state index >= 15 is 0 Å². The largest absolute Gasteiger partial charge is 0.264 e. The van der Waals surface area contributed by atoms with E-state index in [1.807, 2.05) is 44.2 Å². The molecule has 1 aromatic heterocycles. The Hall–Kier alpha value is -2.66. The highest BCUT2D eigenvalue weighted by Crippen LogP contribution is 2.27. The summed E-state index contributed by atoms with van der Waals surface area (Å²) in [4.78, 5) is 4.37. The van der Waals surface area contributed by atoms with Crippen molar-refractivity contribution >= 4 is 15.7 Å². The quantitative estimate of drug-likeness (QED) is 0.695. The molecular formula is C20H20N2O2S. The second-order valence-corrected chi connectivity index (χ2v) is 7.82. The van der Waals surface area contributed by atoms with Gasteiger partial charge < -0.3 is 0 Å². The highest BCUT2D eigenvalue weighted by Gasteiger charge is 2.25. The molecule has 0 saturated carbocycles. The lowest BCUT2D eigenvalue weighted by atomic mass is 10.1. The van der Waals surface area contributed by atoms with Crippen molar-refractivity contribution in [3.63, 3.8) is 0 Å². The van der Waals surface area contributed by atoms with Gasteiger partial charge in [-0.15, -0.1) is 0 Å². The molecule has 4 nitrogen and oxygen atoms in total. The van der Waals surface area contributed by atoms with Crippen molar-refractivity contribution < 1.29 is 8.42 Å². The molecule has 3 aromatic rings. The first kappa shape index (κ1) is 17.2. The normalized spacial score (nSPS) is 11.3. The van der Waals surface area contributed by atoms with Crippen LogP contribution >= 0.6 is 0 Å². The molecule has 0 aliphatic rings. The number of hydrogen-bond donors (Lipinski definition) is 0. The molecule has 0 bridgehead atoms. The molecule has 0 spiro atoms. The summed E-state index contributed by atoms with van der Waals surface area (Å²) in [5, 5.41) is 0. The molecule has 0 aliphatic heterocycles. The van der Waals surface area contributed by atoms with Gasteiger partial charge in [-0.1, -0.05) is 30.3 Å². The van der Waals surface area contributed by atoms with Gasteiger partial charge in [0.2, 0.25) is 0 Å². The van der Waals surface area contributed by atoms with E-state index in [-0.39, 0.29) is 11.4 Å². The van der Waals surface area contributed by atoms with Crippen LogP contribution in [-0.4, -0.2) is 13.4 Å². The van der Waals surface area contributed by atoms with Crippen molar-refractivity contribution in [3.8, 4) is 0 Å². The van der Waals surface area contributed by atoms with Gasteiger partial charge in [0.05, 0.1) is 17.1 Å². The number of aryl methyl sites for hydroxylation is 2. The standard InChI is InChI=1S/C20H20N2O2S/c1-16-10-11-19(13-17(16)2)22(15-18-7-6-12-21-14-18)25(23,24)20-8-4-3-5-9-20/h3-14H,15H2,1-2H3. The molecule has 0 fully saturated rings. The summed E-state index contributed by atoms with van der Waals surface area (Å²) < 4.78 is 27.9. The summed E-state index contributed by atoms with van der Waals surface area (Å²) >= 11 is 0. The SMILES string of the molecule is Cc1ccc(N(Cc2cccnc2)S(=O)(=O)c2ccccc2)cc1C. The van der Waals surface area contributed by atoms with E-state index in [2.05, 4.69) is 4.98 Å². The summed E-state index contributed by atoms with van der Waals surface area (Å²) in [6.45, 7) is 4.22. The number of hydrogen-bond acceptors (Lipinski definition) is 3. The van der Waals surface area contributed by atoms with Gasteiger partial charge >= 0.3 is 0 Å². The topological polar surface area (TPSA) is 50.3 Å². The summed E-state index contributed by atoms with van der Waals surface area (Å²) in [7, 11) is -3.68. The minimum absolute atomic E-state index is 0.230. The summed E-state index contributed by atoms with van der Waals surface area (Å²) in [5.74, 6) is 0. The van der Waals surface area contributed by atoms with E-state index in [1.165, 1.54) is 4.31 Å². The molecule has 0 amide bonds. The van der Waals surface area contributed by atoms with Crippen LogP contribution in [-0.2, 0) is 16.6 Å². The molecule has 3 rings (SSSR count). The minimum atomic E-state index is -3.68. The molecule has 25 heavy (non-hydrogen) atoms. The zero-order chi connectivity index (χ0) is 17.9. The van der Waals surface area contributed by atoms with Gasteiger partial charge in [-0.25, -0.2) is 8.42 Å². The lowest BCUT2D eigenvalue weighted by Crippen LogP contribution is -2.30. The van der Waals surface area contributed by atoms with Crippen LogP contribution in [0.3, 0.4) is 0 Å². The average molecular weight is 352 g/mol. The van der Waals surface area contributed by atoms with Gasteiger partial charge in [-0.3, -0.25) is 9.29 Å². The Balaban J connectivity index is 2.10. The number of rotatable bonds is 5. The second-order valence-electron chi connectivity index (χ2n) is 5.95. The number of anilines is 1. The van der Waals surface area contributed by atoms with Crippen molar-refractivity contribution in [2.45, 2.75) is 25.3 Å². The van der Waals surface area contributed by atoms with Crippen LogP contribution < -0.4 is 4.31 Å². The predicted molar refractivity (Wildman–Crippen MR) is 100.0 cm³/mol. The Bertz CT molecular complexity index is 956.